The average molecular weight is 495 g/mol. The number of hydrogen-bond acceptors (Lipinski definition) is 4. The van der Waals surface area contributed by atoms with Crippen molar-refractivity contribution in [1.82, 2.24) is 0 Å². The highest BCUT2D eigenvalue weighted by Crippen LogP contribution is 2.43. The van der Waals surface area contributed by atoms with E-state index in [4.69, 9.17) is 9.47 Å². The molecule has 0 saturated heterocycles. The van der Waals surface area contributed by atoms with Gasteiger partial charge in [-0.15, -0.1) is 0 Å². The molecule has 0 spiro atoms. The summed E-state index contributed by atoms with van der Waals surface area (Å²) in [5.41, 5.74) is 3.96. The molecule has 0 heterocycles. The number of unbranched alkanes of at least 4 members (excludes halogenated alkanes) is 1. The van der Waals surface area contributed by atoms with Gasteiger partial charge in [-0.05, 0) is 59.8 Å². The van der Waals surface area contributed by atoms with Gasteiger partial charge in [-0.25, -0.2) is 4.79 Å². The number of benzene rings is 2. The monoisotopic (exact) mass is 494 g/mol. The molecule has 2 aromatic rings. The molecule has 198 valence electrons. The van der Waals surface area contributed by atoms with Crippen molar-refractivity contribution in [3.8, 4) is 5.75 Å². The van der Waals surface area contributed by atoms with Crippen molar-refractivity contribution < 1.29 is 19.1 Å². The van der Waals surface area contributed by atoms with Crippen LogP contribution in [0, 0.1) is 5.92 Å². The van der Waals surface area contributed by atoms with Gasteiger partial charge < -0.3 is 9.47 Å². The Morgan fingerprint density at radius 3 is 1.97 bits per heavy atom. The third kappa shape index (κ3) is 7.44. The molecule has 0 bridgehead atoms. The van der Waals surface area contributed by atoms with E-state index in [1.807, 2.05) is 51.1 Å². The van der Waals surface area contributed by atoms with Crippen molar-refractivity contribution in [1.29, 1.82) is 0 Å². The lowest BCUT2D eigenvalue weighted by atomic mass is 9.75. The summed E-state index contributed by atoms with van der Waals surface area (Å²) in [5.74, 6) is -0.827. The fourth-order valence-corrected chi connectivity index (χ4v) is 4.32. The molecule has 0 saturated carbocycles. The lowest BCUT2D eigenvalue weighted by Gasteiger charge is -2.31. The third-order valence-corrected chi connectivity index (χ3v) is 6.54. The van der Waals surface area contributed by atoms with E-state index in [0.717, 1.165) is 30.4 Å². The van der Waals surface area contributed by atoms with E-state index in [9.17, 15) is 9.59 Å². The first-order valence-corrected chi connectivity index (χ1v) is 13.4. The lowest BCUT2D eigenvalue weighted by molar-refractivity contribution is -0.146. The van der Waals surface area contributed by atoms with E-state index in [1.165, 1.54) is 5.56 Å². The molecule has 2 aromatic carbocycles. The van der Waals surface area contributed by atoms with Crippen LogP contribution in [0.4, 0.5) is 0 Å². The SMILES string of the molecule is CCCCc1ccc(C(=O)Oc2c(C(C(=O)OCC)C(C)C)cc(C(C)(C)C)cc2C(C)(C)C)cc1. The summed E-state index contributed by atoms with van der Waals surface area (Å²) < 4.78 is 11.7. The van der Waals surface area contributed by atoms with E-state index < -0.39 is 11.9 Å². The molecule has 0 radical (unpaired) electrons. The molecule has 0 aliphatic heterocycles. The van der Waals surface area contributed by atoms with Gasteiger partial charge in [0, 0.05) is 11.1 Å². The van der Waals surface area contributed by atoms with Gasteiger partial charge in [0.05, 0.1) is 18.1 Å². The number of carbonyl (C=O) groups is 2. The summed E-state index contributed by atoms with van der Waals surface area (Å²) >= 11 is 0. The first-order chi connectivity index (χ1) is 16.7. The summed E-state index contributed by atoms with van der Waals surface area (Å²) in [4.78, 5) is 26.6. The summed E-state index contributed by atoms with van der Waals surface area (Å²) in [7, 11) is 0. The zero-order valence-electron chi connectivity index (χ0n) is 24.1. The third-order valence-electron chi connectivity index (χ3n) is 6.54. The van der Waals surface area contributed by atoms with Gasteiger partial charge in [0.15, 0.2) is 0 Å². The summed E-state index contributed by atoms with van der Waals surface area (Å²) in [5, 5.41) is 0. The smallest absolute Gasteiger partial charge is 0.343 e. The maximum atomic E-state index is 13.4. The topological polar surface area (TPSA) is 52.6 Å². The zero-order valence-corrected chi connectivity index (χ0v) is 24.1. The molecule has 4 nitrogen and oxygen atoms in total. The first kappa shape index (κ1) is 29.6. The van der Waals surface area contributed by atoms with Crippen molar-refractivity contribution in [2.45, 2.75) is 105 Å². The molecule has 1 unspecified atom stereocenters. The summed E-state index contributed by atoms with van der Waals surface area (Å²) in [6.07, 6.45) is 3.24. The number of rotatable bonds is 9. The number of esters is 2. The molecular formula is C32H46O4. The highest BCUT2D eigenvalue weighted by atomic mass is 16.5. The normalized spacial score (nSPS) is 13.0. The van der Waals surface area contributed by atoms with Gasteiger partial charge in [-0.3, -0.25) is 4.79 Å². The van der Waals surface area contributed by atoms with Crippen LogP contribution in [0.5, 0.6) is 5.75 Å². The number of aryl methyl sites for hydroxylation is 1. The minimum Gasteiger partial charge on any atom is -0.466 e. The van der Waals surface area contributed by atoms with Crippen molar-refractivity contribution >= 4 is 11.9 Å². The van der Waals surface area contributed by atoms with Crippen LogP contribution >= 0.6 is 0 Å². The molecule has 1 atom stereocenters. The number of ether oxygens (including phenoxy) is 2. The maximum Gasteiger partial charge on any atom is 0.343 e. The van der Waals surface area contributed by atoms with E-state index in [0.29, 0.717) is 23.5 Å². The van der Waals surface area contributed by atoms with Crippen molar-refractivity contribution in [3.05, 3.63) is 64.2 Å². The van der Waals surface area contributed by atoms with Gasteiger partial charge in [0.1, 0.15) is 5.75 Å². The second kappa shape index (κ2) is 12.1. The molecule has 0 aromatic heterocycles. The number of carbonyl (C=O) groups excluding carboxylic acids is 2. The molecule has 0 N–H and O–H groups in total. The van der Waals surface area contributed by atoms with E-state index in [1.54, 1.807) is 0 Å². The summed E-state index contributed by atoms with van der Waals surface area (Å²) in [6.45, 7) is 21.1. The zero-order chi connectivity index (χ0) is 27.3. The first-order valence-electron chi connectivity index (χ1n) is 13.4. The van der Waals surface area contributed by atoms with Crippen LogP contribution in [0.1, 0.15) is 121 Å². The van der Waals surface area contributed by atoms with E-state index in [2.05, 4.69) is 54.5 Å². The Morgan fingerprint density at radius 2 is 1.50 bits per heavy atom. The Hall–Kier alpha value is -2.62. The van der Waals surface area contributed by atoms with Gasteiger partial charge in [0.2, 0.25) is 0 Å². The van der Waals surface area contributed by atoms with Gasteiger partial charge in [-0.2, -0.15) is 0 Å². The van der Waals surface area contributed by atoms with Gasteiger partial charge in [-0.1, -0.05) is 93.0 Å². The molecule has 0 amide bonds. The molecule has 4 heteroatoms. The van der Waals surface area contributed by atoms with Crippen LogP contribution in [-0.2, 0) is 26.8 Å². The number of hydrogen-bond donors (Lipinski definition) is 0. The minimum atomic E-state index is -0.549. The fraction of sp³-hybridized carbons (Fsp3) is 0.562. The molecule has 0 aliphatic rings. The quantitative estimate of drug-likeness (QED) is 0.261. The average Bonchev–Trinajstić information content (AvgIpc) is 2.77. The molecule has 36 heavy (non-hydrogen) atoms. The molecule has 0 fully saturated rings. The Balaban J connectivity index is 2.69. The van der Waals surface area contributed by atoms with E-state index >= 15 is 0 Å². The second-order valence-electron chi connectivity index (χ2n) is 12.1. The fourth-order valence-electron chi connectivity index (χ4n) is 4.32. The Bertz CT molecular complexity index is 1030. The van der Waals surface area contributed by atoms with Crippen molar-refractivity contribution in [2.75, 3.05) is 6.61 Å². The van der Waals surface area contributed by atoms with Crippen LogP contribution in [-0.4, -0.2) is 18.5 Å². The van der Waals surface area contributed by atoms with Gasteiger partial charge in [0.25, 0.3) is 0 Å². The standard InChI is InChI=1S/C32H46O4/c1-11-13-14-22-15-17-23(18-16-22)29(33)36-28-25(27(21(3)4)30(34)35-12-2)19-24(31(5,6)7)20-26(28)32(8,9)10/h15-21,27H,11-14H2,1-10H3. The Kier molecular flexibility index (Phi) is 9.93. The van der Waals surface area contributed by atoms with Crippen LogP contribution in [0.3, 0.4) is 0 Å². The molecular weight excluding hydrogens is 448 g/mol. The minimum absolute atomic E-state index is 0.0395. The predicted molar refractivity (Wildman–Crippen MR) is 148 cm³/mol. The Labute approximate surface area is 218 Å². The highest BCUT2D eigenvalue weighted by Gasteiger charge is 2.35. The lowest BCUT2D eigenvalue weighted by Crippen LogP contribution is -2.26. The second-order valence-corrected chi connectivity index (χ2v) is 12.1. The van der Waals surface area contributed by atoms with Crippen molar-refractivity contribution in [2.24, 2.45) is 5.92 Å². The maximum absolute atomic E-state index is 13.4. The van der Waals surface area contributed by atoms with Crippen LogP contribution in [0.25, 0.3) is 0 Å². The van der Waals surface area contributed by atoms with Gasteiger partial charge >= 0.3 is 11.9 Å². The van der Waals surface area contributed by atoms with Crippen LogP contribution in [0.2, 0.25) is 0 Å². The van der Waals surface area contributed by atoms with E-state index in [-0.39, 0.29) is 22.7 Å². The Morgan fingerprint density at radius 1 is 0.889 bits per heavy atom. The largest absolute Gasteiger partial charge is 0.466 e. The molecule has 0 aliphatic carbocycles. The predicted octanol–water partition coefficient (Wildman–Crippen LogP) is 8.15. The summed E-state index contributed by atoms with van der Waals surface area (Å²) in [6, 6.07) is 11.8. The van der Waals surface area contributed by atoms with Crippen LogP contribution in [0.15, 0.2) is 36.4 Å². The van der Waals surface area contributed by atoms with Crippen molar-refractivity contribution in [3.63, 3.8) is 0 Å². The highest BCUT2D eigenvalue weighted by molar-refractivity contribution is 5.92. The molecule has 2 rings (SSSR count). The van der Waals surface area contributed by atoms with Crippen LogP contribution < -0.4 is 4.74 Å².